The first kappa shape index (κ1) is 8.91. The minimum Gasteiger partial charge on any atom is -0.396 e. The van der Waals surface area contributed by atoms with Crippen LogP contribution in [0.25, 0.3) is 0 Å². The summed E-state index contributed by atoms with van der Waals surface area (Å²) in [6, 6.07) is 2.05. The minimum atomic E-state index is 0.131. The monoisotopic (exact) mass is 196 g/mol. The maximum atomic E-state index is 11.2. The van der Waals surface area contributed by atoms with Gasteiger partial charge in [0.05, 0.1) is 0 Å². The highest BCUT2D eigenvalue weighted by Crippen LogP contribution is 2.37. The molecule has 70 valence electrons. The summed E-state index contributed by atoms with van der Waals surface area (Å²) in [5, 5.41) is 13.2. The molecule has 0 spiro atoms. The molecule has 0 radical (unpaired) electrons. The average Bonchev–Trinajstić information content (AvgIpc) is 2.71. The normalized spacial score (nSPS) is 28.2. The lowest BCUT2D eigenvalue weighted by molar-refractivity contribution is -0.117. The number of ketones is 1. The molecule has 1 aromatic heterocycles. The lowest BCUT2D eigenvalue weighted by Crippen LogP contribution is -2.09. The first-order valence-electron chi connectivity index (χ1n) is 4.46. The van der Waals surface area contributed by atoms with Gasteiger partial charge in [0.1, 0.15) is 5.78 Å². The third-order valence-electron chi connectivity index (χ3n) is 2.71. The number of carbonyl (C=O) groups excluding carboxylic acids is 1. The van der Waals surface area contributed by atoms with Crippen LogP contribution in [-0.4, -0.2) is 17.5 Å². The van der Waals surface area contributed by atoms with E-state index >= 15 is 0 Å². The predicted molar refractivity (Wildman–Crippen MR) is 51.9 cm³/mol. The Bertz CT molecular complexity index is 292. The molecular formula is C10H12O2S. The molecule has 3 heteroatoms. The number of rotatable bonds is 2. The number of thiophene rings is 1. The first-order valence-corrected chi connectivity index (χ1v) is 5.40. The molecule has 0 bridgehead atoms. The number of aliphatic hydroxyl groups excluding tert-OH is 1. The van der Waals surface area contributed by atoms with Gasteiger partial charge in [0, 0.05) is 19.4 Å². The smallest absolute Gasteiger partial charge is 0.133 e. The van der Waals surface area contributed by atoms with Gasteiger partial charge in [0.25, 0.3) is 0 Å². The van der Waals surface area contributed by atoms with Crippen molar-refractivity contribution in [3.05, 3.63) is 22.4 Å². The van der Waals surface area contributed by atoms with Crippen LogP contribution >= 0.6 is 11.3 Å². The molecule has 2 nitrogen and oxygen atoms in total. The van der Waals surface area contributed by atoms with Gasteiger partial charge in [0.2, 0.25) is 0 Å². The summed E-state index contributed by atoms with van der Waals surface area (Å²) in [6.45, 7) is 0.131. The molecule has 1 aromatic rings. The van der Waals surface area contributed by atoms with Crippen LogP contribution in [0.2, 0.25) is 0 Å². The van der Waals surface area contributed by atoms with Crippen LogP contribution in [0.4, 0.5) is 0 Å². The van der Waals surface area contributed by atoms with Crippen LogP contribution in [0.5, 0.6) is 0 Å². The molecule has 1 aliphatic rings. The van der Waals surface area contributed by atoms with Crippen LogP contribution in [-0.2, 0) is 4.79 Å². The van der Waals surface area contributed by atoms with E-state index in [9.17, 15) is 4.79 Å². The molecule has 1 N–H and O–H groups in total. The summed E-state index contributed by atoms with van der Waals surface area (Å²) in [5.41, 5.74) is 1.22. The molecular weight excluding hydrogens is 184 g/mol. The van der Waals surface area contributed by atoms with Gasteiger partial charge >= 0.3 is 0 Å². The van der Waals surface area contributed by atoms with Crippen molar-refractivity contribution >= 4 is 17.1 Å². The quantitative estimate of drug-likeness (QED) is 0.783. The fourth-order valence-electron chi connectivity index (χ4n) is 2.00. The van der Waals surface area contributed by atoms with Gasteiger partial charge in [-0.05, 0) is 34.2 Å². The van der Waals surface area contributed by atoms with E-state index in [1.54, 1.807) is 11.3 Å². The van der Waals surface area contributed by atoms with E-state index in [0.717, 1.165) is 0 Å². The Labute approximate surface area is 81.2 Å². The number of hydrogen-bond acceptors (Lipinski definition) is 3. The van der Waals surface area contributed by atoms with Gasteiger partial charge in [-0.25, -0.2) is 0 Å². The molecule has 1 saturated carbocycles. The summed E-state index contributed by atoms with van der Waals surface area (Å²) in [4.78, 5) is 11.2. The Hall–Kier alpha value is -0.670. The molecule has 1 aliphatic carbocycles. The standard InChI is InChI=1S/C10H12O2S/c11-5-8-3-9(12)4-10(8)7-1-2-13-6-7/h1-2,6,8,10-11H,3-5H2/t8-,10-/m1/s1. The fourth-order valence-corrected chi connectivity index (χ4v) is 2.72. The van der Waals surface area contributed by atoms with Crippen molar-refractivity contribution in [3.63, 3.8) is 0 Å². The fraction of sp³-hybridized carbons (Fsp3) is 0.500. The van der Waals surface area contributed by atoms with Crippen LogP contribution in [0, 0.1) is 5.92 Å². The van der Waals surface area contributed by atoms with Crippen molar-refractivity contribution in [2.24, 2.45) is 5.92 Å². The molecule has 0 saturated heterocycles. The summed E-state index contributed by atoms with van der Waals surface area (Å²) in [6.07, 6.45) is 1.17. The molecule has 13 heavy (non-hydrogen) atoms. The summed E-state index contributed by atoms with van der Waals surface area (Å²) in [5.74, 6) is 0.709. The highest BCUT2D eigenvalue weighted by molar-refractivity contribution is 7.08. The van der Waals surface area contributed by atoms with E-state index in [1.165, 1.54) is 5.56 Å². The van der Waals surface area contributed by atoms with Crippen molar-refractivity contribution in [1.29, 1.82) is 0 Å². The van der Waals surface area contributed by atoms with Gasteiger partial charge in [-0.3, -0.25) is 4.79 Å². The van der Waals surface area contributed by atoms with Crippen molar-refractivity contribution in [1.82, 2.24) is 0 Å². The lowest BCUT2D eigenvalue weighted by atomic mass is 9.91. The summed E-state index contributed by atoms with van der Waals surface area (Å²) in [7, 11) is 0. The third kappa shape index (κ3) is 1.67. The van der Waals surface area contributed by atoms with Crippen molar-refractivity contribution in [2.45, 2.75) is 18.8 Å². The molecule has 1 fully saturated rings. The number of carbonyl (C=O) groups is 1. The molecule has 2 rings (SSSR count). The molecule has 1 heterocycles. The first-order chi connectivity index (χ1) is 6.31. The van der Waals surface area contributed by atoms with E-state index in [1.807, 2.05) is 5.38 Å². The van der Waals surface area contributed by atoms with E-state index in [0.29, 0.717) is 12.8 Å². The molecule has 0 unspecified atom stereocenters. The van der Waals surface area contributed by atoms with E-state index < -0.39 is 0 Å². The summed E-state index contributed by atoms with van der Waals surface area (Å²) < 4.78 is 0. The predicted octanol–water partition coefficient (Wildman–Crippen LogP) is 1.80. The number of hydrogen-bond donors (Lipinski definition) is 1. The molecule has 0 aliphatic heterocycles. The number of Topliss-reactive ketones (excluding diaryl/α,β-unsaturated/α-hetero) is 1. The second kappa shape index (κ2) is 3.60. The Morgan fingerprint density at radius 2 is 2.38 bits per heavy atom. The molecule has 2 atom stereocenters. The second-order valence-electron chi connectivity index (χ2n) is 3.55. The summed E-state index contributed by atoms with van der Waals surface area (Å²) >= 11 is 1.65. The zero-order chi connectivity index (χ0) is 9.26. The average molecular weight is 196 g/mol. The zero-order valence-electron chi connectivity index (χ0n) is 7.27. The van der Waals surface area contributed by atoms with E-state index in [-0.39, 0.29) is 24.2 Å². The SMILES string of the molecule is O=C1C[C@H](CO)[C@@H](c2ccsc2)C1. The van der Waals surface area contributed by atoms with Gasteiger partial charge in [0.15, 0.2) is 0 Å². The zero-order valence-corrected chi connectivity index (χ0v) is 8.09. The van der Waals surface area contributed by atoms with Crippen LogP contribution in [0.15, 0.2) is 16.8 Å². The molecule has 0 aromatic carbocycles. The highest BCUT2D eigenvalue weighted by Gasteiger charge is 2.33. The lowest BCUT2D eigenvalue weighted by Gasteiger charge is -2.14. The van der Waals surface area contributed by atoms with Gasteiger partial charge in [-0.1, -0.05) is 0 Å². The van der Waals surface area contributed by atoms with Crippen LogP contribution < -0.4 is 0 Å². The maximum Gasteiger partial charge on any atom is 0.133 e. The van der Waals surface area contributed by atoms with Gasteiger partial charge in [-0.2, -0.15) is 11.3 Å². The topological polar surface area (TPSA) is 37.3 Å². The second-order valence-corrected chi connectivity index (χ2v) is 4.33. The van der Waals surface area contributed by atoms with Crippen molar-refractivity contribution in [3.8, 4) is 0 Å². The van der Waals surface area contributed by atoms with Crippen molar-refractivity contribution in [2.75, 3.05) is 6.61 Å². The van der Waals surface area contributed by atoms with Crippen LogP contribution in [0.3, 0.4) is 0 Å². The maximum absolute atomic E-state index is 11.2. The Morgan fingerprint density at radius 1 is 1.54 bits per heavy atom. The Kier molecular flexibility index (Phi) is 2.47. The Balaban J connectivity index is 2.19. The van der Waals surface area contributed by atoms with E-state index in [2.05, 4.69) is 11.4 Å². The van der Waals surface area contributed by atoms with E-state index in [4.69, 9.17) is 5.11 Å². The largest absolute Gasteiger partial charge is 0.396 e. The Morgan fingerprint density at radius 3 is 3.00 bits per heavy atom. The van der Waals surface area contributed by atoms with Crippen LogP contribution in [0.1, 0.15) is 24.3 Å². The highest BCUT2D eigenvalue weighted by atomic mass is 32.1. The third-order valence-corrected chi connectivity index (χ3v) is 3.41. The van der Waals surface area contributed by atoms with Gasteiger partial charge in [-0.15, -0.1) is 0 Å². The van der Waals surface area contributed by atoms with Gasteiger partial charge < -0.3 is 5.11 Å². The minimum absolute atomic E-state index is 0.131. The number of aliphatic hydroxyl groups is 1. The molecule has 0 amide bonds. The van der Waals surface area contributed by atoms with Crippen molar-refractivity contribution < 1.29 is 9.90 Å².